The van der Waals surface area contributed by atoms with E-state index in [4.69, 9.17) is 0 Å². The molecule has 10 aromatic carbocycles. The zero-order valence-electron chi connectivity index (χ0n) is 29.1. The van der Waals surface area contributed by atoms with Crippen LogP contribution in [0.5, 0.6) is 0 Å². The first kappa shape index (κ1) is 30.2. The number of fused-ring (bicyclic) bond motifs is 13. The van der Waals surface area contributed by atoms with Gasteiger partial charge in [0.25, 0.3) is 0 Å². The second-order valence-electron chi connectivity index (χ2n) is 14.3. The number of hydrogen-bond donors (Lipinski definition) is 0. The molecule has 2 aromatic heterocycles. The van der Waals surface area contributed by atoms with Crippen molar-refractivity contribution < 1.29 is 0 Å². The predicted molar refractivity (Wildman–Crippen MR) is 239 cm³/mol. The van der Waals surface area contributed by atoms with Gasteiger partial charge in [-0.15, -0.1) is 22.7 Å². The highest BCUT2D eigenvalue weighted by molar-refractivity contribution is 7.30. The Morgan fingerprint density at radius 3 is 1.48 bits per heavy atom. The summed E-state index contributed by atoms with van der Waals surface area (Å²) < 4.78 is 5.48. The van der Waals surface area contributed by atoms with Crippen molar-refractivity contribution in [3.8, 4) is 33.4 Å². The Bertz CT molecular complexity index is 3430. The van der Waals surface area contributed by atoms with E-state index < -0.39 is 0 Å². The Morgan fingerprint density at radius 2 is 0.759 bits per heavy atom. The minimum Gasteiger partial charge on any atom is -0.134 e. The molecule has 0 saturated carbocycles. The van der Waals surface area contributed by atoms with E-state index in [-0.39, 0.29) is 0 Å². The van der Waals surface area contributed by atoms with E-state index in [2.05, 4.69) is 182 Å². The van der Waals surface area contributed by atoms with Crippen molar-refractivity contribution in [2.24, 2.45) is 0 Å². The average molecular weight is 719 g/mol. The summed E-state index contributed by atoms with van der Waals surface area (Å²) in [6.45, 7) is 0. The third kappa shape index (κ3) is 4.36. The van der Waals surface area contributed by atoms with Crippen LogP contribution in [-0.2, 0) is 0 Å². The van der Waals surface area contributed by atoms with Crippen LogP contribution < -0.4 is 0 Å². The molecule has 0 bridgehead atoms. The summed E-state index contributed by atoms with van der Waals surface area (Å²) in [6.07, 6.45) is 0. The van der Waals surface area contributed by atoms with Crippen LogP contribution in [0.15, 0.2) is 182 Å². The Hall–Kier alpha value is -6.32. The van der Waals surface area contributed by atoms with Gasteiger partial charge in [-0.1, -0.05) is 158 Å². The molecular formula is C52H30S2. The van der Waals surface area contributed by atoms with E-state index >= 15 is 0 Å². The topological polar surface area (TPSA) is 0 Å². The largest absolute Gasteiger partial charge is 0.134 e. The maximum Gasteiger partial charge on any atom is 0.0455 e. The van der Waals surface area contributed by atoms with Crippen molar-refractivity contribution in [1.29, 1.82) is 0 Å². The Balaban J connectivity index is 1.03. The fraction of sp³-hybridized carbons (Fsp3) is 0. The summed E-state index contributed by atoms with van der Waals surface area (Å²) in [5.74, 6) is 0. The maximum atomic E-state index is 2.43. The quantitative estimate of drug-likeness (QED) is 0.160. The molecule has 2 heteroatoms. The van der Waals surface area contributed by atoms with Gasteiger partial charge in [-0.25, -0.2) is 0 Å². The molecule has 250 valence electrons. The lowest BCUT2D eigenvalue weighted by molar-refractivity contribution is 1.63. The normalized spacial score (nSPS) is 12.1. The molecule has 0 nitrogen and oxygen atoms in total. The molecule has 0 aliphatic carbocycles. The number of benzene rings is 10. The summed E-state index contributed by atoms with van der Waals surface area (Å²) in [7, 11) is 0. The SMILES string of the molecule is c1ccc2cc(-c3c4ccccc4c(-c4ccc(-c5ccc6sc7c(c6c5)c5ccccc5c5sc6ccccc6c57)cc4)c4ccccc34)ccc2c1. The van der Waals surface area contributed by atoms with Gasteiger partial charge in [-0.05, 0) is 95.3 Å². The molecule has 0 unspecified atom stereocenters. The van der Waals surface area contributed by atoms with Gasteiger partial charge < -0.3 is 0 Å². The van der Waals surface area contributed by atoms with Crippen molar-refractivity contribution >= 4 is 106 Å². The molecule has 0 atom stereocenters. The van der Waals surface area contributed by atoms with Crippen molar-refractivity contribution in [1.82, 2.24) is 0 Å². The minimum absolute atomic E-state index is 1.23. The maximum absolute atomic E-state index is 2.43. The second-order valence-corrected chi connectivity index (χ2v) is 16.4. The predicted octanol–water partition coefficient (Wildman–Crippen LogP) is 16.0. The molecular weight excluding hydrogens is 689 g/mol. The Kier molecular flexibility index (Phi) is 6.48. The van der Waals surface area contributed by atoms with Gasteiger partial charge in [0.2, 0.25) is 0 Å². The second kappa shape index (κ2) is 11.6. The standard InChI is InChI=1S/C52H30S2/c1-2-12-34-29-36(26-23-31(34)11-1)48-39-15-5-3-13-37(39)47(38-14-4-6-16-40(38)48)33-24-21-32(22-25-33)35-27-28-46-44(30-35)49-41-17-7-8-18-42(41)51-50(52(49)54-46)43-19-9-10-20-45(43)53-51/h1-30H. The Morgan fingerprint density at radius 1 is 0.259 bits per heavy atom. The molecule has 0 N–H and O–H groups in total. The minimum atomic E-state index is 1.23. The average Bonchev–Trinajstić information content (AvgIpc) is 3.82. The molecule has 0 saturated heterocycles. The lowest BCUT2D eigenvalue weighted by atomic mass is 9.85. The summed E-state index contributed by atoms with van der Waals surface area (Å²) in [4.78, 5) is 0. The van der Waals surface area contributed by atoms with Gasteiger partial charge >= 0.3 is 0 Å². The highest BCUT2D eigenvalue weighted by Crippen LogP contribution is 2.50. The molecule has 0 spiro atoms. The van der Waals surface area contributed by atoms with Crippen LogP contribution in [0.3, 0.4) is 0 Å². The molecule has 2 heterocycles. The lowest BCUT2D eigenvalue weighted by Gasteiger charge is -2.18. The summed E-state index contributed by atoms with van der Waals surface area (Å²) in [5.41, 5.74) is 7.54. The van der Waals surface area contributed by atoms with Crippen LogP contribution in [0.4, 0.5) is 0 Å². The fourth-order valence-electron chi connectivity index (χ4n) is 9.00. The molecule has 0 amide bonds. The van der Waals surface area contributed by atoms with Crippen LogP contribution in [0.2, 0.25) is 0 Å². The smallest absolute Gasteiger partial charge is 0.0455 e. The van der Waals surface area contributed by atoms with E-state index in [1.165, 1.54) is 117 Å². The molecule has 0 radical (unpaired) electrons. The van der Waals surface area contributed by atoms with Crippen molar-refractivity contribution in [3.05, 3.63) is 182 Å². The molecule has 0 fully saturated rings. The van der Waals surface area contributed by atoms with Crippen LogP contribution in [0, 0.1) is 0 Å². The first-order valence-electron chi connectivity index (χ1n) is 18.5. The summed E-state index contributed by atoms with van der Waals surface area (Å²) in [5, 5.41) is 15.8. The van der Waals surface area contributed by atoms with Gasteiger partial charge in [-0.3, -0.25) is 0 Å². The van der Waals surface area contributed by atoms with Gasteiger partial charge in [0.05, 0.1) is 0 Å². The first-order chi connectivity index (χ1) is 26.8. The third-order valence-corrected chi connectivity index (χ3v) is 13.8. The molecule has 12 rings (SSSR count). The number of rotatable bonds is 3. The van der Waals surface area contributed by atoms with Crippen LogP contribution in [0.25, 0.3) is 117 Å². The van der Waals surface area contributed by atoms with Crippen LogP contribution in [-0.4, -0.2) is 0 Å². The van der Waals surface area contributed by atoms with E-state index in [9.17, 15) is 0 Å². The third-order valence-electron chi connectivity index (χ3n) is 11.4. The highest BCUT2D eigenvalue weighted by Gasteiger charge is 2.20. The van der Waals surface area contributed by atoms with Gasteiger partial charge in [0, 0.05) is 45.7 Å². The van der Waals surface area contributed by atoms with Crippen molar-refractivity contribution in [2.75, 3.05) is 0 Å². The fourth-order valence-corrected chi connectivity index (χ4v) is 11.6. The molecule has 12 aromatic rings. The van der Waals surface area contributed by atoms with E-state index in [1.807, 2.05) is 22.7 Å². The first-order valence-corrected chi connectivity index (χ1v) is 20.1. The lowest BCUT2D eigenvalue weighted by Crippen LogP contribution is -1.91. The van der Waals surface area contributed by atoms with Crippen LogP contribution in [0.1, 0.15) is 0 Å². The van der Waals surface area contributed by atoms with E-state index in [0.717, 1.165) is 0 Å². The van der Waals surface area contributed by atoms with Gasteiger partial charge in [-0.2, -0.15) is 0 Å². The summed E-state index contributed by atoms with van der Waals surface area (Å²) >= 11 is 3.86. The monoisotopic (exact) mass is 718 g/mol. The zero-order chi connectivity index (χ0) is 35.3. The zero-order valence-corrected chi connectivity index (χ0v) is 30.8. The Labute approximate surface area is 319 Å². The van der Waals surface area contributed by atoms with Crippen molar-refractivity contribution in [3.63, 3.8) is 0 Å². The number of hydrogen-bond acceptors (Lipinski definition) is 2. The van der Waals surface area contributed by atoms with Crippen molar-refractivity contribution in [2.45, 2.75) is 0 Å². The number of thiophene rings is 2. The summed E-state index contributed by atoms with van der Waals surface area (Å²) in [6, 6.07) is 67.6. The van der Waals surface area contributed by atoms with E-state index in [0.29, 0.717) is 0 Å². The van der Waals surface area contributed by atoms with E-state index in [1.54, 1.807) is 0 Å². The van der Waals surface area contributed by atoms with Gasteiger partial charge in [0.15, 0.2) is 0 Å². The molecule has 54 heavy (non-hydrogen) atoms. The molecule has 0 aliphatic heterocycles. The highest BCUT2D eigenvalue weighted by atomic mass is 32.1. The molecule has 0 aliphatic rings. The van der Waals surface area contributed by atoms with Gasteiger partial charge in [0.1, 0.15) is 0 Å². The van der Waals surface area contributed by atoms with Crippen LogP contribution >= 0.6 is 22.7 Å².